The van der Waals surface area contributed by atoms with E-state index >= 15 is 0 Å². The number of benzene rings is 1. The van der Waals surface area contributed by atoms with Crippen molar-refractivity contribution >= 4 is 10.0 Å². The fourth-order valence-corrected chi connectivity index (χ4v) is 4.69. The second kappa shape index (κ2) is 6.74. The lowest BCUT2D eigenvalue weighted by molar-refractivity contribution is 0.142. The zero-order chi connectivity index (χ0) is 18.2. The Morgan fingerprint density at radius 1 is 1.36 bits per heavy atom. The average molecular weight is 368 g/mol. The molecule has 2 aromatic rings. The van der Waals surface area contributed by atoms with E-state index in [1.54, 1.807) is 12.4 Å². The Labute approximate surface area is 146 Å². The van der Waals surface area contributed by atoms with Gasteiger partial charge in [-0.2, -0.15) is 4.31 Å². The van der Waals surface area contributed by atoms with Crippen LogP contribution >= 0.6 is 0 Å². The van der Waals surface area contributed by atoms with Crippen LogP contribution in [0.4, 0.5) is 4.39 Å². The molecule has 0 aliphatic carbocycles. The summed E-state index contributed by atoms with van der Waals surface area (Å²) in [6, 6.07) is 2.56. The lowest BCUT2D eigenvalue weighted by Crippen LogP contribution is -2.49. The second-order valence-electron chi connectivity index (χ2n) is 6.04. The average Bonchev–Trinajstić information content (AvgIpc) is 3.11. The highest BCUT2D eigenvalue weighted by atomic mass is 32.2. The number of imidazole rings is 1. The van der Waals surface area contributed by atoms with Gasteiger partial charge in [-0.25, -0.2) is 17.8 Å². The van der Waals surface area contributed by atoms with E-state index < -0.39 is 15.8 Å². The molecule has 0 spiro atoms. The van der Waals surface area contributed by atoms with E-state index in [1.807, 2.05) is 11.9 Å². The highest BCUT2D eigenvalue weighted by Crippen LogP contribution is 2.31. The molecule has 0 saturated carbocycles. The molecule has 0 amide bonds. The van der Waals surface area contributed by atoms with Gasteiger partial charge in [0.1, 0.15) is 5.82 Å². The van der Waals surface area contributed by atoms with Crippen molar-refractivity contribution in [2.45, 2.75) is 17.9 Å². The van der Waals surface area contributed by atoms with E-state index in [4.69, 9.17) is 4.74 Å². The van der Waals surface area contributed by atoms with Gasteiger partial charge in [0.25, 0.3) is 0 Å². The minimum Gasteiger partial charge on any atom is -0.494 e. The molecule has 25 heavy (non-hydrogen) atoms. The van der Waals surface area contributed by atoms with E-state index in [2.05, 4.69) is 9.97 Å². The Morgan fingerprint density at radius 3 is 2.76 bits per heavy atom. The molecule has 0 bridgehead atoms. The van der Waals surface area contributed by atoms with Crippen LogP contribution in [0.1, 0.15) is 17.4 Å². The van der Waals surface area contributed by atoms with Crippen molar-refractivity contribution in [3.63, 3.8) is 0 Å². The van der Waals surface area contributed by atoms with Crippen molar-refractivity contribution in [1.29, 1.82) is 0 Å². The normalized spacial score (nSPS) is 19.9. The predicted molar refractivity (Wildman–Crippen MR) is 90.4 cm³/mol. The van der Waals surface area contributed by atoms with Gasteiger partial charge in [0.15, 0.2) is 11.6 Å². The molecule has 0 radical (unpaired) electrons. The van der Waals surface area contributed by atoms with Crippen LogP contribution in [0.5, 0.6) is 5.75 Å². The highest BCUT2D eigenvalue weighted by molar-refractivity contribution is 7.89. The molecule has 9 heteroatoms. The van der Waals surface area contributed by atoms with E-state index in [0.717, 1.165) is 0 Å². The van der Waals surface area contributed by atoms with Gasteiger partial charge in [-0.05, 0) is 26.1 Å². The predicted octanol–water partition coefficient (Wildman–Crippen LogP) is 1.54. The minimum absolute atomic E-state index is 0.0308. The van der Waals surface area contributed by atoms with Gasteiger partial charge in [0, 0.05) is 37.6 Å². The van der Waals surface area contributed by atoms with Gasteiger partial charge in [-0.1, -0.05) is 0 Å². The molecule has 1 atom stereocenters. The third-order valence-electron chi connectivity index (χ3n) is 4.58. The van der Waals surface area contributed by atoms with Crippen molar-refractivity contribution in [2.24, 2.45) is 0 Å². The molecule has 136 valence electrons. The summed E-state index contributed by atoms with van der Waals surface area (Å²) in [5.74, 6) is 0.0867. The smallest absolute Gasteiger partial charge is 0.243 e. The van der Waals surface area contributed by atoms with Crippen LogP contribution in [0.3, 0.4) is 0 Å². The topological polar surface area (TPSA) is 78.5 Å². The van der Waals surface area contributed by atoms with Gasteiger partial charge < -0.3 is 9.72 Å². The summed E-state index contributed by atoms with van der Waals surface area (Å²) in [7, 11) is -0.544. The number of aromatic nitrogens is 2. The van der Waals surface area contributed by atoms with Crippen molar-refractivity contribution in [3.8, 4) is 5.75 Å². The van der Waals surface area contributed by atoms with Crippen molar-refractivity contribution in [1.82, 2.24) is 19.2 Å². The number of nitrogens with one attached hydrogen (secondary N) is 1. The Balaban J connectivity index is 1.94. The van der Waals surface area contributed by atoms with Crippen molar-refractivity contribution in [3.05, 3.63) is 41.7 Å². The van der Waals surface area contributed by atoms with Gasteiger partial charge in [-0.15, -0.1) is 0 Å². The summed E-state index contributed by atoms with van der Waals surface area (Å²) in [5.41, 5.74) is 0.0628. The highest BCUT2D eigenvalue weighted by Gasteiger charge is 2.35. The van der Waals surface area contributed by atoms with Crippen LogP contribution in [-0.4, -0.2) is 61.4 Å². The molecule has 1 saturated heterocycles. The standard InChI is InChI=1S/C16H21FN4O3S/c1-11-14(5-4-13(24-3)15(11)17)25(22,23)21-9-8-20(2)12(10-21)16-18-6-7-19-16/h4-7,12H,8-10H2,1-3H3,(H,18,19)/t12-/m0/s1. The number of hydrogen-bond acceptors (Lipinski definition) is 5. The Hall–Kier alpha value is -1.97. The van der Waals surface area contributed by atoms with Gasteiger partial charge in [0.05, 0.1) is 18.0 Å². The molecule has 1 aromatic heterocycles. The Morgan fingerprint density at radius 2 is 2.12 bits per heavy atom. The number of halogens is 1. The van der Waals surface area contributed by atoms with Crippen LogP contribution < -0.4 is 4.74 Å². The maximum Gasteiger partial charge on any atom is 0.243 e. The lowest BCUT2D eigenvalue weighted by Gasteiger charge is -2.37. The number of hydrogen-bond donors (Lipinski definition) is 1. The third kappa shape index (κ3) is 3.14. The third-order valence-corrected chi connectivity index (χ3v) is 6.59. The molecule has 7 nitrogen and oxygen atoms in total. The van der Waals surface area contributed by atoms with Gasteiger partial charge in [-0.3, -0.25) is 4.90 Å². The van der Waals surface area contributed by atoms with Gasteiger partial charge >= 0.3 is 0 Å². The molecule has 1 fully saturated rings. The van der Waals surface area contributed by atoms with Crippen molar-refractivity contribution in [2.75, 3.05) is 33.8 Å². The number of likely N-dealkylation sites (N-methyl/N-ethyl adjacent to an activating group) is 1. The first-order chi connectivity index (χ1) is 11.9. The molecule has 3 rings (SSSR count). The molecule has 1 aliphatic rings. The monoisotopic (exact) mass is 368 g/mol. The maximum atomic E-state index is 14.3. The fraction of sp³-hybridized carbons (Fsp3) is 0.438. The maximum absolute atomic E-state index is 14.3. The first-order valence-electron chi connectivity index (χ1n) is 7.89. The minimum atomic E-state index is -3.82. The number of piperazine rings is 1. The number of aromatic amines is 1. The molecule has 1 aliphatic heterocycles. The molecule has 0 unspecified atom stereocenters. The Bertz CT molecular complexity index is 855. The molecular weight excluding hydrogens is 347 g/mol. The molecular formula is C16H21FN4O3S. The first kappa shape index (κ1) is 17.8. The molecule has 1 N–H and O–H groups in total. The number of ether oxygens (including phenoxy) is 1. The van der Waals surface area contributed by atoms with Crippen LogP contribution in [0.25, 0.3) is 0 Å². The van der Waals surface area contributed by atoms with E-state index in [9.17, 15) is 12.8 Å². The van der Waals surface area contributed by atoms with E-state index in [-0.39, 0.29) is 28.8 Å². The van der Waals surface area contributed by atoms with Crippen LogP contribution in [0, 0.1) is 12.7 Å². The number of H-pyrrole nitrogens is 1. The zero-order valence-electron chi connectivity index (χ0n) is 14.4. The number of methoxy groups -OCH3 is 1. The fourth-order valence-electron chi connectivity index (χ4n) is 3.04. The van der Waals surface area contributed by atoms with Gasteiger partial charge in [0.2, 0.25) is 10.0 Å². The lowest BCUT2D eigenvalue weighted by atomic mass is 10.2. The van der Waals surface area contributed by atoms with Crippen LogP contribution in [0.2, 0.25) is 0 Å². The summed E-state index contributed by atoms with van der Waals surface area (Å²) < 4.78 is 46.7. The molecule has 2 heterocycles. The largest absolute Gasteiger partial charge is 0.494 e. The number of sulfonamides is 1. The summed E-state index contributed by atoms with van der Waals surface area (Å²) in [6.07, 6.45) is 3.35. The summed E-state index contributed by atoms with van der Waals surface area (Å²) in [6.45, 7) is 2.59. The Kier molecular flexibility index (Phi) is 4.81. The molecule has 1 aromatic carbocycles. The zero-order valence-corrected chi connectivity index (χ0v) is 15.2. The van der Waals surface area contributed by atoms with Crippen LogP contribution in [0.15, 0.2) is 29.4 Å². The van der Waals surface area contributed by atoms with E-state index in [1.165, 1.54) is 30.5 Å². The number of rotatable bonds is 4. The van der Waals surface area contributed by atoms with E-state index in [0.29, 0.717) is 18.9 Å². The van der Waals surface area contributed by atoms with Crippen LogP contribution in [-0.2, 0) is 10.0 Å². The second-order valence-corrected chi connectivity index (χ2v) is 7.95. The summed E-state index contributed by atoms with van der Waals surface area (Å²) in [4.78, 5) is 9.29. The summed E-state index contributed by atoms with van der Waals surface area (Å²) in [5, 5.41) is 0. The summed E-state index contributed by atoms with van der Waals surface area (Å²) >= 11 is 0. The quantitative estimate of drug-likeness (QED) is 0.886. The number of nitrogens with zero attached hydrogens (tertiary/aromatic N) is 3. The van der Waals surface area contributed by atoms with Crippen molar-refractivity contribution < 1.29 is 17.5 Å². The SMILES string of the molecule is COc1ccc(S(=O)(=O)N2CCN(C)[C@H](c3ncc[nH]3)C2)c(C)c1F. The first-order valence-corrected chi connectivity index (χ1v) is 9.33.